The average Bonchev–Trinajstić information content (AvgIpc) is 2.52. The molecule has 1 aliphatic carbocycles. The zero-order chi connectivity index (χ0) is 8.81. The SMILES string of the molecule is CC#CCN[C@@H]1CCC[C@@H]1CO. The number of hydrogen-bond donors (Lipinski definition) is 2. The molecule has 1 fully saturated rings. The van der Waals surface area contributed by atoms with Gasteiger partial charge in [-0.1, -0.05) is 12.3 Å². The van der Waals surface area contributed by atoms with Crippen LogP contribution in [0.25, 0.3) is 0 Å². The van der Waals surface area contributed by atoms with Gasteiger partial charge in [0, 0.05) is 12.6 Å². The average molecular weight is 167 g/mol. The summed E-state index contributed by atoms with van der Waals surface area (Å²) in [7, 11) is 0. The van der Waals surface area contributed by atoms with Crippen molar-refractivity contribution in [3.05, 3.63) is 0 Å². The van der Waals surface area contributed by atoms with Crippen LogP contribution in [-0.4, -0.2) is 24.3 Å². The molecule has 0 unspecified atom stereocenters. The number of aliphatic hydroxyl groups is 1. The lowest BCUT2D eigenvalue weighted by Gasteiger charge is -2.17. The van der Waals surface area contributed by atoms with Crippen molar-refractivity contribution < 1.29 is 5.11 Å². The standard InChI is InChI=1S/C10H17NO/c1-2-3-7-11-10-6-4-5-9(10)8-12/h9-12H,4-8H2,1H3/t9-,10-/m1/s1. The Morgan fingerprint density at radius 3 is 3.00 bits per heavy atom. The fraction of sp³-hybridized carbons (Fsp3) is 0.800. The van der Waals surface area contributed by atoms with Crippen LogP contribution in [-0.2, 0) is 0 Å². The Morgan fingerprint density at radius 1 is 1.50 bits per heavy atom. The maximum Gasteiger partial charge on any atom is 0.0578 e. The minimum absolute atomic E-state index is 0.317. The van der Waals surface area contributed by atoms with Crippen LogP contribution in [0.4, 0.5) is 0 Å². The molecule has 0 heterocycles. The second-order valence-corrected chi connectivity index (χ2v) is 3.29. The zero-order valence-corrected chi connectivity index (χ0v) is 7.64. The summed E-state index contributed by atoms with van der Waals surface area (Å²) in [6.07, 6.45) is 3.59. The molecular formula is C10H17NO. The predicted molar refractivity (Wildman–Crippen MR) is 49.7 cm³/mol. The maximum absolute atomic E-state index is 9.02. The monoisotopic (exact) mass is 167 g/mol. The van der Waals surface area contributed by atoms with E-state index in [-0.39, 0.29) is 0 Å². The van der Waals surface area contributed by atoms with Crippen LogP contribution in [0.2, 0.25) is 0 Å². The number of aliphatic hydroxyl groups excluding tert-OH is 1. The Balaban J connectivity index is 2.24. The molecular weight excluding hydrogens is 150 g/mol. The Morgan fingerprint density at radius 2 is 2.33 bits per heavy atom. The van der Waals surface area contributed by atoms with E-state index in [1.165, 1.54) is 12.8 Å². The highest BCUT2D eigenvalue weighted by atomic mass is 16.3. The highest BCUT2D eigenvalue weighted by molar-refractivity contribution is 4.98. The first-order chi connectivity index (χ1) is 5.88. The second-order valence-electron chi connectivity index (χ2n) is 3.29. The molecule has 0 amide bonds. The van der Waals surface area contributed by atoms with Crippen molar-refractivity contribution >= 4 is 0 Å². The summed E-state index contributed by atoms with van der Waals surface area (Å²) in [5.74, 6) is 6.29. The Bertz CT molecular complexity index is 180. The smallest absolute Gasteiger partial charge is 0.0578 e. The highest BCUT2D eigenvalue weighted by Crippen LogP contribution is 2.24. The summed E-state index contributed by atoms with van der Waals surface area (Å²) in [5, 5.41) is 12.4. The van der Waals surface area contributed by atoms with E-state index in [1.54, 1.807) is 0 Å². The van der Waals surface area contributed by atoms with Crippen molar-refractivity contribution in [2.24, 2.45) is 5.92 Å². The zero-order valence-electron chi connectivity index (χ0n) is 7.64. The summed E-state index contributed by atoms with van der Waals surface area (Å²) in [4.78, 5) is 0. The molecule has 0 aliphatic heterocycles. The van der Waals surface area contributed by atoms with E-state index < -0.39 is 0 Å². The molecule has 68 valence electrons. The van der Waals surface area contributed by atoms with E-state index >= 15 is 0 Å². The molecule has 0 radical (unpaired) electrons. The predicted octanol–water partition coefficient (Wildman–Crippen LogP) is 0.760. The molecule has 2 heteroatoms. The van der Waals surface area contributed by atoms with E-state index in [9.17, 15) is 0 Å². The van der Waals surface area contributed by atoms with Crippen molar-refractivity contribution in [3.63, 3.8) is 0 Å². The van der Waals surface area contributed by atoms with Crippen LogP contribution in [0, 0.1) is 17.8 Å². The van der Waals surface area contributed by atoms with Gasteiger partial charge in [0.05, 0.1) is 6.54 Å². The molecule has 0 saturated heterocycles. The van der Waals surface area contributed by atoms with Crippen molar-refractivity contribution in [1.82, 2.24) is 5.32 Å². The van der Waals surface area contributed by atoms with Crippen LogP contribution in [0.15, 0.2) is 0 Å². The molecule has 0 aromatic rings. The van der Waals surface area contributed by atoms with Gasteiger partial charge in [0.1, 0.15) is 0 Å². The van der Waals surface area contributed by atoms with Crippen molar-refractivity contribution in [2.45, 2.75) is 32.2 Å². The van der Waals surface area contributed by atoms with Crippen LogP contribution < -0.4 is 5.32 Å². The first-order valence-electron chi connectivity index (χ1n) is 4.62. The van der Waals surface area contributed by atoms with Crippen LogP contribution in [0.3, 0.4) is 0 Å². The number of nitrogens with one attached hydrogen (secondary N) is 1. The van der Waals surface area contributed by atoms with Crippen LogP contribution in [0.1, 0.15) is 26.2 Å². The summed E-state index contributed by atoms with van der Waals surface area (Å²) in [5.41, 5.74) is 0. The van der Waals surface area contributed by atoms with Gasteiger partial charge in [0.25, 0.3) is 0 Å². The Labute approximate surface area is 74.4 Å². The topological polar surface area (TPSA) is 32.3 Å². The van der Waals surface area contributed by atoms with Gasteiger partial charge < -0.3 is 10.4 Å². The van der Waals surface area contributed by atoms with E-state index in [4.69, 9.17) is 5.11 Å². The second kappa shape index (κ2) is 5.18. The molecule has 2 N–H and O–H groups in total. The summed E-state index contributed by atoms with van der Waals surface area (Å²) in [6.45, 7) is 2.93. The van der Waals surface area contributed by atoms with Gasteiger partial charge in [-0.3, -0.25) is 0 Å². The lowest BCUT2D eigenvalue weighted by molar-refractivity contribution is 0.207. The Hall–Kier alpha value is -0.520. The minimum atomic E-state index is 0.317. The molecule has 1 saturated carbocycles. The van der Waals surface area contributed by atoms with E-state index in [2.05, 4.69) is 17.2 Å². The largest absolute Gasteiger partial charge is 0.396 e. The Kier molecular flexibility index (Phi) is 4.13. The third-order valence-electron chi connectivity index (χ3n) is 2.52. The summed E-state index contributed by atoms with van der Waals surface area (Å²) < 4.78 is 0. The van der Waals surface area contributed by atoms with Gasteiger partial charge >= 0.3 is 0 Å². The summed E-state index contributed by atoms with van der Waals surface area (Å²) in [6, 6.07) is 0.496. The minimum Gasteiger partial charge on any atom is -0.396 e. The van der Waals surface area contributed by atoms with Crippen LogP contribution in [0.5, 0.6) is 0 Å². The fourth-order valence-electron chi connectivity index (χ4n) is 1.79. The number of rotatable bonds is 3. The van der Waals surface area contributed by atoms with Crippen molar-refractivity contribution in [3.8, 4) is 11.8 Å². The lowest BCUT2D eigenvalue weighted by Crippen LogP contribution is -2.34. The molecule has 2 nitrogen and oxygen atoms in total. The molecule has 0 aromatic carbocycles. The molecule has 0 bridgehead atoms. The van der Waals surface area contributed by atoms with Gasteiger partial charge in [-0.15, -0.1) is 5.92 Å². The maximum atomic E-state index is 9.02. The van der Waals surface area contributed by atoms with Crippen LogP contribution >= 0.6 is 0 Å². The molecule has 12 heavy (non-hydrogen) atoms. The molecule has 1 rings (SSSR count). The van der Waals surface area contributed by atoms with E-state index in [0.29, 0.717) is 18.6 Å². The molecule has 0 spiro atoms. The van der Waals surface area contributed by atoms with Gasteiger partial charge in [-0.2, -0.15) is 0 Å². The fourth-order valence-corrected chi connectivity index (χ4v) is 1.79. The molecule has 1 aliphatic rings. The first-order valence-corrected chi connectivity index (χ1v) is 4.62. The lowest BCUT2D eigenvalue weighted by atomic mass is 10.1. The van der Waals surface area contributed by atoms with E-state index in [0.717, 1.165) is 13.0 Å². The van der Waals surface area contributed by atoms with Gasteiger partial charge in [0.15, 0.2) is 0 Å². The summed E-state index contributed by atoms with van der Waals surface area (Å²) >= 11 is 0. The van der Waals surface area contributed by atoms with Crippen molar-refractivity contribution in [2.75, 3.05) is 13.2 Å². The third-order valence-corrected chi connectivity index (χ3v) is 2.52. The third kappa shape index (κ3) is 2.51. The quantitative estimate of drug-likeness (QED) is 0.608. The first kappa shape index (κ1) is 9.57. The van der Waals surface area contributed by atoms with E-state index in [1.807, 2.05) is 6.92 Å². The van der Waals surface area contributed by atoms with Gasteiger partial charge in [0.2, 0.25) is 0 Å². The van der Waals surface area contributed by atoms with Gasteiger partial charge in [-0.25, -0.2) is 0 Å². The number of hydrogen-bond acceptors (Lipinski definition) is 2. The highest BCUT2D eigenvalue weighted by Gasteiger charge is 2.25. The molecule has 2 atom stereocenters. The van der Waals surface area contributed by atoms with Gasteiger partial charge in [-0.05, 0) is 25.7 Å². The van der Waals surface area contributed by atoms with Crippen molar-refractivity contribution in [1.29, 1.82) is 0 Å². The normalized spacial score (nSPS) is 28.2. The molecule has 0 aromatic heterocycles.